The van der Waals surface area contributed by atoms with Crippen LogP contribution in [0.15, 0.2) is 0 Å². The van der Waals surface area contributed by atoms with E-state index in [0.29, 0.717) is 0 Å². The number of aromatic nitrogens is 5. The third kappa shape index (κ3) is 1.40. The van der Waals surface area contributed by atoms with Gasteiger partial charge in [0.05, 0.1) is 0 Å². The lowest BCUT2D eigenvalue weighted by molar-refractivity contribution is -0.144. The Labute approximate surface area is 86.3 Å². The van der Waals surface area contributed by atoms with Gasteiger partial charge in [0.15, 0.2) is 17.0 Å². The number of nitrogens with two attached hydrogens (primary N) is 1. The van der Waals surface area contributed by atoms with E-state index in [4.69, 9.17) is 12.2 Å². The summed E-state index contributed by atoms with van der Waals surface area (Å²) >= 11 is 0. The summed E-state index contributed by atoms with van der Waals surface area (Å²) in [7, 11) is 0. The van der Waals surface area contributed by atoms with Crippen molar-refractivity contribution in [1.82, 2.24) is 25.0 Å². The quantitative estimate of drug-likeness (QED) is 0.654. The zero-order chi connectivity index (χ0) is 11.9. The smallest absolute Gasteiger partial charge is 0.382 e. The molecular weight excluding hydrogens is 225 g/mol. The topological polar surface area (TPSA) is 82.5 Å². The van der Waals surface area contributed by atoms with Crippen LogP contribution in [0.1, 0.15) is 5.82 Å². The van der Waals surface area contributed by atoms with E-state index in [9.17, 15) is 13.2 Å². The normalized spacial score (nSPS) is 11.6. The van der Waals surface area contributed by atoms with Crippen molar-refractivity contribution >= 4 is 17.0 Å². The molecule has 0 unspecified atom stereocenters. The van der Waals surface area contributed by atoms with Crippen LogP contribution in [-0.2, 0) is 6.18 Å². The minimum Gasteiger partial charge on any atom is -0.382 e. The summed E-state index contributed by atoms with van der Waals surface area (Å²) < 4.78 is 37.8. The second kappa shape index (κ2) is 3.06. The number of nitrogens with zero attached hydrogens (tertiary/aromatic N) is 5. The molecule has 2 aromatic rings. The van der Waals surface area contributed by atoms with Gasteiger partial charge in [0, 0.05) is 6.04 Å². The predicted molar refractivity (Wildman–Crippen MR) is 46.8 cm³/mol. The minimum atomic E-state index is -4.70. The second-order valence-corrected chi connectivity index (χ2v) is 2.73. The fraction of sp³-hybridized carbons (Fsp3) is 0.143. The van der Waals surface area contributed by atoms with E-state index in [-0.39, 0.29) is 11.2 Å². The lowest BCUT2D eigenvalue weighted by Crippen LogP contribution is -2.13. The van der Waals surface area contributed by atoms with Crippen LogP contribution in [0.4, 0.5) is 19.0 Å². The molecule has 0 bridgehead atoms. The van der Waals surface area contributed by atoms with Crippen molar-refractivity contribution in [1.29, 1.82) is 0 Å². The van der Waals surface area contributed by atoms with Gasteiger partial charge in [-0.25, -0.2) is 9.97 Å². The van der Waals surface area contributed by atoms with Crippen molar-refractivity contribution in [3.05, 3.63) is 5.82 Å². The molecule has 0 aliphatic heterocycles. The third-order valence-electron chi connectivity index (χ3n) is 1.70. The molecule has 0 amide bonds. The molecule has 0 saturated heterocycles. The fourth-order valence-corrected chi connectivity index (χ4v) is 1.05. The van der Waals surface area contributed by atoms with Crippen molar-refractivity contribution in [3.8, 4) is 12.5 Å². The lowest BCUT2D eigenvalue weighted by atomic mass is 10.4. The Kier molecular flexibility index (Phi) is 1.94. The SMILES string of the molecule is C#Cn1nnc2c(N)nc(C(F)(F)F)nc21. The molecule has 0 saturated carbocycles. The number of terminal acetylenes is 1. The Morgan fingerprint density at radius 2 is 2.00 bits per heavy atom. The third-order valence-corrected chi connectivity index (χ3v) is 1.70. The molecule has 6 nitrogen and oxygen atoms in total. The number of rotatable bonds is 0. The number of nitrogen functional groups attached to an aromatic ring is 1. The first-order chi connectivity index (χ1) is 7.43. The van der Waals surface area contributed by atoms with Crippen LogP contribution in [0.5, 0.6) is 0 Å². The Balaban J connectivity index is 2.79. The molecule has 0 aliphatic rings. The summed E-state index contributed by atoms with van der Waals surface area (Å²) in [5, 5.41) is 6.84. The summed E-state index contributed by atoms with van der Waals surface area (Å²) in [6.07, 6.45) is 0.295. The number of anilines is 1. The van der Waals surface area contributed by atoms with Gasteiger partial charge in [-0.1, -0.05) is 11.6 Å². The van der Waals surface area contributed by atoms with E-state index in [1.807, 2.05) is 6.04 Å². The average molecular weight is 228 g/mol. The number of halogens is 3. The highest BCUT2D eigenvalue weighted by Gasteiger charge is 2.36. The van der Waals surface area contributed by atoms with Crippen molar-refractivity contribution in [2.75, 3.05) is 5.73 Å². The molecule has 2 N–H and O–H groups in total. The maximum Gasteiger partial charge on any atom is 0.451 e. The van der Waals surface area contributed by atoms with Gasteiger partial charge in [-0.3, -0.25) is 0 Å². The summed E-state index contributed by atoms with van der Waals surface area (Å²) in [5.74, 6) is -1.80. The van der Waals surface area contributed by atoms with Crippen LogP contribution < -0.4 is 5.73 Å². The van der Waals surface area contributed by atoms with E-state index >= 15 is 0 Å². The molecule has 82 valence electrons. The summed E-state index contributed by atoms with van der Waals surface area (Å²) in [4.78, 5) is 6.29. The molecule has 0 aromatic carbocycles. The van der Waals surface area contributed by atoms with Crippen molar-refractivity contribution in [2.45, 2.75) is 6.18 Å². The van der Waals surface area contributed by atoms with Gasteiger partial charge in [-0.15, -0.1) is 5.10 Å². The van der Waals surface area contributed by atoms with Gasteiger partial charge < -0.3 is 5.73 Å². The molecular formula is C7H3F3N6. The van der Waals surface area contributed by atoms with Crippen LogP contribution in [0.3, 0.4) is 0 Å². The second-order valence-electron chi connectivity index (χ2n) is 2.73. The molecule has 2 rings (SSSR count). The first kappa shape index (κ1) is 10.2. The van der Waals surface area contributed by atoms with Gasteiger partial charge in [0.1, 0.15) is 0 Å². The summed E-state index contributed by atoms with van der Waals surface area (Å²) in [6, 6.07) is 1.99. The Bertz CT molecular complexity index is 592. The zero-order valence-corrected chi connectivity index (χ0v) is 7.52. The molecule has 0 radical (unpaired) electrons. The summed E-state index contributed by atoms with van der Waals surface area (Å²) in [5.41, 5.74) is 4.97. The molecule has 2 aromatic heterocycles. The zero-order valence-electron chi connectivity index (χ0n) is 7.52. The maximum absolute atomic E-state index is 12.4. The Hall–Kier alpha value is -2.37. The monoisotopic (exact) mass is 228 g/mol. The van der Waals surface area contributed by atoms with Crippen LogP contribution in [0, 0.1) is 12.5 Å². The number of alkyl halides is 3. The minimum absolute atomic E-state index is 0.0639. The van der Waals surface area contributed by atoms with E-state index in [2.05, 4.69) is 20.3 Å². The fourth-order valence-electron chi connectivity index (χ4n) is 1.05. The van der Waals surface area contributed by atoms with Crippen molar-refractivity contribution in [3.63, 3.8) is 0 Å². The predicted octanol–water partition coefficient (Wildman–Crippen LogP) is 0.261. The molecule has 0 aliphatic carbocycles. The number of hydrogen-bond acceptors (Lipinski definition) is 5. The van der Waals surface area contributed by atoms with Crippen LogP contribution in [0.25, 0.3) is 11.2 Å². The first-order valence-electron chi connectivity index (χ1n) is 3.86. The number of hydrogen-bond donors (Lipinski definition) is 1. The highest BCUT2D eigenvalue weighted by atomic mass is 19.4. The number of fused-ring (bicyclic) bond motifs is 1. The van der Waals surface area contributed by atoms with E-state index in [1.54, 1.807) is 0 Å². The van der Waals surface area contributed by atoms with Gasteiger partial charge in [0.25, 0.3) is 0 Å². The maximum atomic E-state index is 12.4. The van der Waals surface area contributed by atoms with Gasteiger partial charge in [0.2, 0.25) is 5.82 Å². The molecule has 0 fully saturated rings. The summed E-state index contributed by atoms with van der Waals surface area (Å²) in [6.45, 7) is 0. The molecule has 0 spiro atoms. The van der Waals surface area contributed by atoms with Crippen molar-refractivity contribution < 1.29 is 13.2 Å². The van der Waals surface area contributed by atoms with Gasteiger partial charge in [-0.2, -0.15) is 17.9 Å². The molecule has 0 atom stereocenters. The van der Waals surface area contributed by atoms with Gasteiger partial charge in [-0.05, 0) is 0 Å². The lowest BCUT2D eigenvalue weighted by Gasteiger charge is -2.04. The van der Waals surface area contributed by atoms with Crippen LogP contribution in [0.2, 0.25) is 0 Å². The molecule has 2 heterocycles. The first-order valence-corrected chi connectivity index (χ1v) is 3.86. The highest BCUT2D eigenvalue weighted by Crippen LogP contribution is 2.28. The largest absolute Gasteiger partial charge is 0.451 e. The Morgan fingerprint density at radius 3 is 2.56 bits per heavy atom. The van der Waals surface area contributed by atoms with E-state index in [1.165, 1.54) is 0 Å². The van der Waals surface area contributed by atoms with E-state index < -0.39 is 17.8 Å². The molecule has 9 heteroatoms. The van der Waals surface area contributed by atoms with Gasteiger partial charge >= 0.3 is 6.18 Å². The Morgan fingerprint density at radius 1 is 1.31 bits per heavy atom. The van der Waals surface area contributed by atoms with Crippen LogP contribution in [-0.4, -0.2) is 25.0 Å². The molecule has 16 heavy (non-hydrogen) atoms. The van der Waals surface area contributed by atoms with E-state index in [0.717, 1.165) is 4.68 Å². The standard InChI is InChI=1S/C7H3F3N6/c1-2-16-5-3(14-15-16)4(11)12-6(13-5)7(8,9)10/h1H,(H2,11,12,13). The van der Waals surface area contributed by atoms with Crippen molar-refractivity contribution in [2.24, 2.45) is 0 Å². The highest BCUT2D eigenvalue weighted by molar-refractivity contribution is 5.81. The average Bonchev–Trinajstić information content (AvgIpc) is 2.59. The van der Waals surface area contributed by atoms with Crippen LogP contribution >= 0.6 is 0 Å².